The average Bonchev–Trinajstić information content (AvgIpc) is 2.40. The van der Waals surface area contributed by atoms with Crippen molar-refractivity contribution >= 4 is 40.6 Å². The number of rotatable bonds is 4. The lowest BCUT2D eigenvalue weighted by molar-refractivity contribution is 0.0921. The van der Waals surface area contributed by atoms with Crippen molar-refractivity contribution in [3.05, 3.63) is 62.8 Å². The van der Waals surface area contributed by atoms with Crippen molar-refractivity contribution in [2.75, 3.05) is 6.61 Å². The lowest BCUT2D eigenvalue weighted by Crippen LogP contribution is -2.12. The molecule has 2 aromatic carbocycles. The molecule has 0 amide bonds. The van der Waals surface area contributed by atoms with Crippen LogP contribution in [0.25, 0.3) is 0 Å². The van der Waals surface area contributed by atoms with Gasteiger partial charge in [-0.1, -0.05) is 34.8 Å². The van der Waals surface area contributed by atoms with Crippen molar-refractivity contribution in [1.82, 2.24) is 0 Å². The van der Waals surface area contributed by atoms with Crippen molar-refractivity contribution in [3.63, 3.8) is 0 Å². The molecule has 0 aliphatic carbocycles. The first-order valence-electron chi connectivity index (χ1n) is 5.53. The largest absolute Gasteiger partial charge is 0.485 e. The molecule has 0 spiro atoms. The highest BCUT2D eigenvalue weighted by Gasteiger charge is 2.12. The summed E-state index contributed by atoms with van der Waals surface area (Å²) in [6, 6.07) is 8.48. The smallest absolute Gasteiger partial charge is 0.201 e. The molecule has 2 rings (SSSR count). The van der Waals surface area contributed by atoms with Gasteiger partial charge in [0.1, 0.15) is 11.6 Å². The van der Waals surface area contributed by atoms with E-state index in [-0.39, 0.29) is 28.2 Å². The highest BCUT2D eigenvalue weighted by atomic mass is 35.5. The summed E-state index contributed by atoms with van der Waals surface area (Å²) in [4.78, 5) is 11.9. The molecule has 0 bridgehead atoms. The van der Waals surface area contributed by atoms with Gasteiger partial charge in [0, 0.05) is 16.7 Å². The first-order chi connectivity index (χ1) is 9.47. The number of halogens is 4. The number of ether oxygens (including phenoxy) is 1. The minimum atomic E-state index is -0.610. The number of Topliss-reactive ketones (excluding diaryl/α,β-unsaturated/α-hetero) is 1. The molecule has 0 radical (unpaired) electrons. The predicted molar refractivity (Wildman–Crippen MR) is 77.7 cm³/mol. The van der Waals surface area contributed by atoms with E-state index >= 15 is 0 Å². The number of hydrogen-bond donors (Lipinski definition) is 0. The first-order valence-corrected chi connectivity index (χ1v) is 6.67. The van der Waals surface area contributed by atoms with E-state index in [1.165, 1.54) is 24.3 Å². The zero-order valence-corrected chi connectivity index (χ0v) is 12.3. The molecular weight excluding hydrogens is 326 g/mol. The highest BCUT2D eigenvalue weighted by molar-refractivity contribution is 6.36. The minimum Gasteiger partial charge on any atom is -0.485 e. The van der Waals surface area contributed by atoms with Crippen LogP contribution < -0.4 is 4.74 Å². The van der Waals surface area contributed by atoms with Gasteiger partial charge in [0.15, 0.2) is 6.61 Å². The normalized spacial score (nSPS) is 10.4. The van der Waals surface area contributed by atoms with Gasteiger partial charge < -0.3 is 4.74 Å². The van der Waals surface area contributed by atoms with Gasteiger partial charge in [-0.15, -0.1) is 0 Å². The molecule has 6 heteroatoms. The van der Waals surface area contributed by atoms with Gasteiger partial charge in [0.05, 0.1) is 10.0 Å². The van der Waals surface area contributed by atoms with Crippen molar-refractivity contribution in [1.29, 1.82) is 0 Å². The molecule has 0 fully saturated rings. The number of ketones is 1. The van der Waals surface area contributed by atoms with Crippen LogP contribution in [0.1, 0.15) is 10.4 Å². The number of carbonyl (C=O) groups excluding carboxylic acids is 1. The Hall–Kier alpha value is -1.29. The van der Waals surface area contributed by atoms with Crippen LogP contribution in [-0.4, -0.2) is 12.4 Å². The molecule has 0 saturated heterocycles. The number of carbonyl (C=O) groups is 1. The van der Waals surface area contributed by atoms with E-state index in [1.54, 1.807) is 6.07 Å². The summed E-state index contributed by atoms with van der Waals surface area (Å²) in [5, 5.41) is 0.671. The zero-order valence-electron chi connectivity index (χ0n) is 10.00. The Morgan fingerprint density at radius 3 is 2.45 bits per heavy atom. The second-order valence-corrected chi connectivity index (χ2v) is 5.16. The Labute approximate surface area is 130 Å². The summed E-state index contributed by atoms with van der Waals surface area (Å²) in [5.74, 6) is -0.728. The SMILES string of the molecule is O=C(COc1ccc(Cl)c(F)c1)c1ccc(Cl)cc1Cl. The van der Waals surface area contributed by atoms with Gasteiger partial charge in [0.25, 0.3) is 0 Å². The fourth-order valence-corrected chi connectivity index (χ4v) is 2.14. The Morgan fingerprint density at radius 2 is 1.80 bits per heavy atom. The Bertz CT molecular complexity index is 659. The van der Waals surface area contributed by atoms with Gasteiger partial charge in [-0.2, -0.15) is 0 Å². The summed E-state index contributed by atoms with van der Waals surface area (Å²) in [5.41, 5.74) is 0.297. The molecule has 104 valence electrons. The van der Waals surface area contributed by atoms with Crippen LogP contribution in [0.15, 0.2) is 36.4 Å². The molecule has 0 aromatic heterocycles. The van der Waals surface area contributed by atoms with E-state index in [0.29, 0.717) is 10.6 Å². The molecule has 0 heterocycles. The second-order valence-electron chi connectivity index (χ2n) is 3.91. The summed E-state index contributed by atoms with van der Waals surface area (Å²) < 4.78 is 18.4. The number of benzene rings is 2. The molecule has 0 atom stereocenters. The maximum absolute atomic E-state index is 13.2. The Morgan fingerprint density at radius 1 is 1.05 bits per heavy atom. The summed E-state index contributed by atoms with van der Waals surface area (Å²) in [7, 11) is 0. The van der Waals surface area contributed by atoms with Gasteiger partial charge in [0.2, 0.25) is 5.78 Å². The monoisotopic (exact) mass is 332 g/mol. The predicted octanol–water partition coefficient (Wildman–Crippen LogP) is 5.05. The topological polar surface area (TPSA) is 26.3 Å². The quantitative estimate of drug-likeness (QED) is 0.732. The van der Waals surface area contributed by atoms with Crippen LogP contribution in [0, 0.1) is 5.82 Å². The molecule has 0 unspecified atom stereocenters. The maximum atomic E-state index is 13.2. The summed E-state index contributed by atoms with van der Waals surface area (Å²) >= 11 is 17.2. The van der Waals surface area contributed by atoms with E-state index in [0.717, 1.165) is 6.07 Å². The Kier molecular flexibility index (Phi) is 4.86. The third kappa shape index (κ3) is 3.63. The van der Waals surface area contributed by atoms with E-state index < -0.39 is 5.82 Å². The molecule has 20 heavy (non-hydrogen) atoms. The van der Waals surface area contributed by atoms with Crippen LogP contribution in [0.2, 0.25) is 15.1 Å². The first kappa shape index (κ1) is 15.1. The molecule has 0 saturated carbocycles. The van der Waals surface area contributed by atoms with E-state index in [2.05, 4.69) is 0 Å². The van der Waals surface area contributed by atoms with Gasteiger partial charge in [-0.25, -0.2) is 4.39 Å². The minimum absolute atomic E-state index is 0.00979. The molecule has 0 N–H and O–H groups in total. The third-order valence-corrected chi connectivity index (χ3v) is 3.35. The van der Waals surface area contributed by atoms with E-state index in [9.17, 15) is 9.18 Å². The van der Waals surface area contributed by atoms with Crippen LogP contribution in [0.3, 0.4) is 0 Å². The molecule has 2 nitrogen and oxygen atoms in total. The van der Waals surface area contributed by atoms with Crippen molar-refractivity contribution < 1.29 is 13.9 Å². The number of hydrogen-bond acceptors (Lipinski definition) is 2. The van der Waals surface area contributed by atoms with Crippen LogP contribution in [0.4, 0.5) is 4.39 Å². The summed E-state index contributed by atoms with van der Waals surface area (Å²) in [6.07, 6.45) is 0. The molecular formula is C14H8Cl3FO2. The van der Waals surface area contributed by atoms with Crippen LogP contribution >= 0.6 is 34.8 Å². The second kappa shape index (κ2) is 6.44. The van der Waals surface area contributed by atoms with Crippen LogP contribution in [0.5, 0.6) is 5.75 Å². The Balaban J connectivity index is 2.06. The molecule has 2 aromatic rings. The van der Waals surface area contributed by atoms with Crippen LogP contribution in [-0.2, 0) is 0 Å². The van der Waals surface area contributed by atoms with Crippen molar-refractivity contribution in [3.8, 4) is 5.75 Å². The van der Waals surface area contributed by atoms with Gasteiger partial charge in [-0.3, -0.25) is 4.79 Å². The fourth-order valence-electron chi connectivity index (χ4n) is 1.51. The average molecular weight is 334 g/mol. The molecule has 0 aliphatic heterocycles. The van der Waals surface area contributed by atoms with Crippen molar-refractivity contribution in [2.45, 2.75) is 0 Å². The maximum Gasteiger partial charge on any atom is 0.201 e. The molecule has 0 aliphatic rings. The van der Waals surface area contributed by atoms with E-state index in [1.807, 2.05) is 0 Å². The van der Waals surface area contributed by atoms with Gasteiger partial charge >= 0.3 is 0 Å². The third-order valence-electron chi connectivity index (χ3n) is 2.49. The van der Waals surface area contributed by atoms with Gasteiger partial charge in [-0.05, 0) is 30.3 Å². The standard InChI is InChI=1S/C14H8Cl3FO2/c15-8-1-3-10(12(17)5-8)14(19)7-20-9-2-4-11(16)13(18)6-9/h1-6H,7H2. The highest BCUT2D eigenvalue weighted by Crippen LogP contribution is 2.23. The van der Waals surface area contributed by atoms with E-state index in [4.69, 9.17) is 39.5 Å². The zero-order chi connectivity index (χ0) is 14.7. The van der Waals surface area contributed by atoms with Crippen molar-refractivity contribution in [2.24, 2.45) is 0 Å². The summed E-state index contributed by atoms with van der Waals surface area (Å²) in [6.45, 7) is -0.261. The lowest BCUT2D eigenvalue weighted by atomic mass is 10.1. The lowest BCUT2D eigenvalue weighted by Gasteiger charge is -2.07. The fraction of sp³-hybridized carbons (Fsp3) is 0.0714.